The largest absolute Gasteiger partial charge is 0.494 e. The first-order valence-electron chi connectivity index (χ1n) is 9.18. The van der Waals surface area contributed by atoms with E-state index in [1.807, 2.05) is 12.1 Å². The number of nitrogens with zero attached hydrogens (tertiary/aromatic N) is 1. The molecule has 0 amide bonds. The number of fused-ring (bicyclic) bond motifs is 1. The van der Waals surface area contributed by atoms with Gasteiger partial charge in [-0.3, -0.25) is 4.72 Å². The molecule has 0 aliphatic rings. The van der Waals surface area contributed by atoms with Crippen molar-refractivity contribution in [2.75, 3.05) is 11.8 Å². The molecule has 3 aromatic carbocycles. The topological polar surface area (TPSA) is 77.5 Å². The standard InChI is InChI=1S/C21H14ClF3N2O4S2/c1-30-16-3-2-4-17-19(16)26-20(32-17)31-14-8-6-13(7-9-14)27-33(28,29)18-10-5-12(11-15(18)22)21(23,24)25/h2-11,27H,1H3. The SMILES string of the molecule is COc1cccc2sc(Oc3ccc(NS(=O)(=O)c4ccc(C(F)(F)F)cc4Cl)cc3)nc12. The minimum absolute atomic E-state index is 0.171. The van der Waals surface area contributed by atoms with Gasteiger partial charge in [0.2, 0.25) is 0 Å². The van der Waals surface area contributed by atoms with Crippen LogP contribution >= 0.6 is 22.9 Å². The normalized spacial score (nSPS) is 12.0. The number of benzene rings is 3. The van der Waals surface area contributed by atoms with E-state index in [0.717, 1.165) is 10.8 Å². The van der Waals surface area contributed by atoms with Crippen LogP contribution in [0.4, 0.5) is 18.9 Å². The van der Waals surface area contributed by atoms with Gasteiger partial charge in [0.15, 0.2) is 0 Å². The molecule has 0 bridgehead atoms. The molecule has 172 valence electrons. The zero-order valence-electron chi connectivity index (χ0n) is 16.7. The lowest BCUT2D eigenvalue weighted by atomic mass is 10.2. The number of hydrogen-bond acceptors (Lipinski definition) is 6. The molecule has 12 heteroatoms. The Kier molecular flexibility index (Phi) is 6.12. The second-order valence-electron chi connectivity index (χ2n) is 6.66. The number of para-hydroxylation sites is 1. The fraction of sp³-hybridized carbons (Fsp3) is 0.0952. The van der Waals surface area contributed by atoms with Gasteiger partial charge in [-0.1, -0.05) is 29.0 Å². The van der Waals surface area contributed by atoms with Gasteiger partial charge in [0, 0.05) is 5.69 Å². The number of sulfonamides is 1. The summed E-state index contributed by atoms with van der Waals surface area (Å²) in [6.07, 6.45) is -4.64. The summed E-state index contributed by atoms with van der Waals surface area (Å²) in [7, 11) is -2.67. The first-order chi connectivity index (χ1) is 15.6. The Hall–Kier alpha value is -3.02. The van der Waals surface area contributed by atoms with Gasteiger partial charge in [-0.05, 0) is 54.6 Å². The number of thiazole rings is 1. The van der Waals surface area contributed by atoms with Crippen molar-refractivity contribution < 1.29 is 31.1 Å². The summed E-state index contributed by atoms with van der Waals surface area (Å²) in [5, 5.41) is -0.164. The molecule has 1 heterocycles. The maximum Gasteiger partial charge on any atom is 0.416 e. The van der Waals surface area contributed by atoms with Gasteiger partial charge in [0.25, 0.3) is 15.2 Å². The number of alkyl halides is 3. The van der Waals surface area contributed by atoms with E-state index < -0.39 is 31.7 Å². The molecular weight excluding hydrogens is 501 g/mol. The highest BCUT2D eigenvalue weighted by Crippen LogP contribution is 2.36. The number of ether oxygens (including phenoxy) is 2. The molecule has 1 N–H and O–H groups in total. The van der Waals surface area contributed by atoms with Crippen LogP contribution in [0, 0.1) is 0 Å². The predicted molar refractivity (Wildman–Crippen MR) is 120 cm³/mol. The van der Waals surface area contributed by atoms with E-state index in [9.17, 15) is 21.6 Å². The highest BCUT2D eigenvalue weighted by molar-refractivity contribution is 7.92. The van der Waals surface area contributed by atoms with Crippen molar-refractivity contribution >= 4 is 48.9 Å². The van der Waals surface area contributed by atoms with Crippen LogP contribution in [0.2, 0.25) is 5.02 Å². The Labute approximate surface area is 195 Å². The molecule has 0 saturated carbocycles. The van der Waals surface area contributed by atoms with Crippen LogP contribution in [0.25, 0.3) is 10.2 Å². The molecule has 0 unspecified atom stereocenters. The van der Waals surface area contributed by atoms with Crippen LogP contribution in [0.5, 0.6) is 16.7 Å². The third-order valence-corrected chi connectivity index (χ3v) is 7.21. The van der Waals surface area contributed by atoms with Crippen molar-refractivity contribution in [1.29, 1.82) is 0 Å². The minimum atomic E-state index is -4.64. The van der Waals surface area contributed by atoms with E-state index in [0.29, 0.717) is 34.3 Å². The maximum absolute atomic E-state index is 12.8. The molecule has 33 heavy (non-hydrogen) atoms. The Balaban J connectivity index is 1.51. The molecule has 4 rings (SSSR count). The molecule has 0 saturated heterocycles. The van der Waals surface area contributed by atoms with Gasteiger partial charge in [-0.2, -0.15) is 18.2 Å². The first-order valence-corrected chi connectivity index (χ1v) is 11.9. The minimum Gasteiger partial charge on any atom is -0.494 e. The van der Waals surface area contributed by atoms with Crippen molar-refractivity contribution in [3.63, 3.8) is 0 Å². The van der Waals surface area contributed by atoms with E-state index in [1.54, 1.807) is 13.2 Å². The van der Waals surface area contributed by atoms with Gasteiger partial charge in [0.1, 0.15) is 21.9 Å². The third-order valence-electron chi connectivity index (χ3n) is 4.44. The van der Waals surface area contributed by atoms with E-state index >= 15 is 0 Å². The number of nitrogens with one attached hydrogen (secondary N) is 1. The summed E-state index contributed by atoms with van der Waals surface area (Å²) in [6.45, 7) is 0. The summed E-state index contributed by atoms with van der Waals surface area (Å²) in [5.74, 6) is 1.02. The van der Waals surface area contributed by atoms with Crippen molar-refractivity contribution in [2.45, 2.75) is 11.1 Å². The summed E-state index contributed by atoms with van der Waals surface area (Å²) in [4.78, 5) is 3.93. The second-order valence-corrected chi connectivity index (χ2v) is 9.71. The lowest BCUT2D eigenvalue weighted by molar-refractivity contribution is -0.137. The van der Waals surface area contributed by atoms with Crippen molar-refractivity contribution in [1.82, 2.24) is 4.98 Å². The summed E-state index contributed by atoms with van der Waals surface area (Å²) < 4.78 is 77.7. The molecule has 0 atom stereocenters. The maximum atomic E-state index is 12.8. The van der Waals surface area contributed by atoms with Gasteiger partial charge in [-0.15, -0.1) is 0 Å². The zero-order chi connectivity index (χ0) is 23.8. The average molecular weight is 515 g/mol. The predicted octanol–water partition coefficient (Wildman–Crippen LogP) is 6.57. The molecule has 0 spiro atoms. The Morgan fingerprint density at radius 2 is 1.79 bits per heavy atom. The Bertz CT molecular complexity index is 1420. The highest BCUT2D eigenvalue weighted by Gasteiger charge is 2.32. The van der Waals surface area contributed by atoms with Crippen molar-refractivity contribution in [3.05, 3.63) is 71.2 Å². The third kappa shape index (κ3) is 5.00. The van der Waals surface area contributed by atoms with Crippen LogP contribution < -0.4 is 14.2 Å². The lowest BCUT2D eigenvalue weighted by Gasteiger charge is -2.12. The van der Waals surface area contributed by atoms with Gasteiger partial charge < -0.3 is 9.47 Å². The van der Waals surface area contributed by atoms with E-state index in [-0.39, 0.29) is 5.69 Å². The molecule has 1 aromatic heterocycles. The Morgan fingerprint density at radius 3 is 2.42 bits per heavy atom. The fourth-order valence-corrected chi connectivity index (χ4v) is 5.37. The molecular formula is C21H14ClF3N2O4S2. The van der Waals surface area contributed by atoms with E-state index in [1.165, 1.54) is 35.6 Å². The quantitative estimate of drug-likeness (QED) is 0.315. The smallest absolute Gasteiger partial charge is 0.416 e. The molecule has 0 radical (unpaired) electrons. The molecule has 0 fully saturated rings. The van der Waals surface area contributed by atoms with Crippen molar-refractivity contribution in [3.8, 4) is 16.7 Å². The van der Waals surface area contributed by atoms with E-state index in [4.69, 9.17) is 21.1 Å². The monoisotopic (exact) mass is 514 g/mol. The fourth-order valence-electron chi connectivity index (χ4n) is 2.91. The summed E-state index contributed by atoms with van der Waals surface area (Å²) >= 11 is 7.12. The molecule has 0 aliphatic carbocycles. The number of aromatic nitrogens is 1. The van der Waals surface area contributed by atoms with Crippen LogP contribution in [0.15, 0.2) is 65.6 Å². The Morgan fingerprint density at radius 1 is 1.06 bits per heavy atom. The lowest BCUT2D eigenvalue weighted by Crippen LogP contribution is -2.14. The van der Waals surface area contributed by atoms with Crippen LogP contribution in [0.1, 0.15) is 5.56 Å². The number of anilines is 1. The van der Waals surface area contributed by atoms with Crippen LogP contribution in [0.3, 0.4) is 0 Å². The number of methoxy groups -OCH3 is 1. The summed E-state index contributed by atoms with van der Waals surface area (Å²) in [6, 6.07) is 13.5. The van der Waals surface area contributed by atoms with Gasteiger partial charge in [-0.25, -0.2) is 8.42 Å². The van der Waals surface area contributed by atoms with Crippen molar-refractivity contribution in [2.24, 2.45) is 0 Å². The second kappa shape index (κ2) is 8.73. The van der Waals surface area contributed by atoms with Crippen LogP contribution in [-0.4, -0.2) is 20.5 Å². The van der Waals surface area contributed by atoms with Crippen LogP contribution in [-0.2, 0) is 16.2 Å². The molecule has 4 aromatic rings. The molecule has 6 nitrogen and oxygen atoms in total. The number of halogens is 4. The zero-order valence-corrected chi connectivity index (χ0v) is 19.1. The number of rotatable bonds is 6. The van der Waals surface area contributed by atoms with Gasteiger partial charge in [0.05, 0.1) is 22.4 Å². The first kappa shape index (κ1) is 23.1. The van der Waals surface area contributed by atoms with E-state index in [2.05, 4.69) is 9.71 Å². The van der Waals surface area contributed by atoms with Gasteiger partial charge >= 0.3 is 6.18 Å². The average Bonchev–Trinajstić information content (AvgIpc) is 3.16. The summed E-state index contributed by atoms with van der Waals surface area (Å²) in [5.41, 5.74) is -0.206. The molecule has 0 aliphatic heterocycles. The highest BCUT2D eigenvalue weighted by atomic mass is 35.5. The number of hydrogen-bond donors (Lipinski definition) is 1.